The number of benzene rings is 1. The van der Waals surface area contributed by atoms with Gasteiger partial charge in [0.1, 0.15) is 5.82 Å². The quantitative estimate of drug-likeness (QED) is 0.394. The van der Waals surface area contributed by atoms with Gasteiger partial charge in [-0.05, 0) is 73.5 Å². The molecule has 7 heteroatoms. The van der Waals surface area contributed by atoms with E-state index < -0.39 is 8.32 Å². The van der Waals surface area contributed by atoms with Gasteiger partial charge in [-0.2, -0.15) is 0 Å². The second kappa shape index (κ2) is 8.40. The topological polar surface area (TPSA) is 29.5 Å². The molecule has 0 saturated heterocycles. The van der Waals surface area contributed by atoms with Crippen molar-refractivity contribution in [2.24, 2.45) is 0 Å². The number of carbonyl (C=O) groups is 1. The third kappa shape index (κ3) is 4.31. The molecule has 0 unspecified atom stereocenters. The first kappa shape index (κ1) is 23.1. The number of hydrogen-bond acceptors (Lipinski definition) is 3. The van der Waals surface area contributed by atoms with Crippen LogP contribution in [0.25, 0.3) is 0 Å². The van der Waals surface area contributed by atoms with Crippen LogP contribution < -0.4 is 4.90 Å². The molecule has 1 aliphatic carbocycles. The molecule has 1 aromatic heterocycles. The average Bonchev–Trinajstić information content (AvgIpc) is 3.06. The van der Waals surface area contributed by atoms with Gasteiger partial charge in [-0.25, -0.2) is 4.39 Å². The van der Waals surface area contributed by atoms with Gasteiger partial charge in [0.05, 0.1) is 17.2 Å². The van der Waals surface area contributed by atoms with Gasteiger partial charge in [0.25, 0.3) is 5.91 Å². The Morgan fingerprint density at radius 1 is 1.16 bits per heavy atom. The Balaban J connectivity index is 1.68. The van der Waals surface area contributed by atoms with Crippen LogP contribution in [0.15, 0.2) is 16.6 Å². The van der Waals surface area contributed by atoms with Crippen molar-refractivity contribution in [2.45, 2.75) is 77.6 Å². The highest BCUT2D eigenvalue weighted by Gasteiger charge is 2.38. The van der Waals surface area contributed by atoms with Crippen LogP contribution in [0.5, 0.6) is 0 Å². The van der Waals surface area contributed by atoms with E-state index in [2.05, 4.69) is 49.8 Å². The lowest BCUT2D eigenvalue weighted by molar-refractivity contribution is 0.0984. The minimum atomic E-state index is -1.99. The number of aryl methyl sites for hydroxylation is 1. The summed E-state index contributed by atoms with van der Waals surface area (Å²) in [7, 11) is -1.99. The van der Waals surface area contributed by atoms with Crippen molar-refractivity contribution in [2.75, 3.05) is 11.4 Å². The number of thiophene rings is 1. The summed E-state index contributed by atoms with van der Waals surface area (Å²) in [5.74, 6) is -0.339. The Labute approximate surface area is 198 Å². The maximum Gasteiger partial charge on any atom is 0.268 e. The van der Waals surface area contributed by atoms with Crippen molar-refractivity contribution >= 4 is 47.2 Å². The first-order valence-corrected chi connectivity index (χ1v) is 15.6. The molecule has 0 bridgehead atoms. The molecule has 2 aromatic rings. The Hall–Kier alpha value is -1.02. The smallest absolute Gasteiger partial charge is 0.268 e. The maximum absolute atomic E-state index is 14.4. The second-order valence-electron chi connectivity index (χ2n) is 10.2. The number of amides is 1. The molecule has 31 heavy (non-hydrogen) atoms. The molecule has 1 aromatic carbocycles. The summed E-state index contributed by atoms with van der Waals surface area (Å²) < 4.78 is 21.5. The summed E-state index contributed by atoms with van der Waals surface area (Å²) in [6, 6.07) is 2.96. The monoisotopic (exact) mass is 523 g/mol. The van der Waals surface area contributed by atoms with Crippen LogP contribution in [0.3, 0.4) is 0 Å². The van der Waals surface area contributed by atoms with Crippen LogP contribution in [0.4, 0.5) is 10.1 Å². The first-order valence-electron chi connectivity index (χ1n) is 11.1. The lowest BCUT2D eigenvalue weighted by Crippen LogP contribution is -2.41. The summed E-state index contributed by atoms with van der Waals surface area (Å²) in [6.45, 7) is 12.0. The molecular weight excluding hydrogens is 493 g/mol. The Morgan fingerprint density at radius 3 is 2.58 bits per heavy atom. The fraction of sp³-hybridized carbons (Fsp3) is 0.542. The van der Waals surface area contributed by atoms with E-state index >= 15 is 0 Å². The standard InChI is InChI=1S/C24H31BrFNO2SSi/c1-24(2,3)31(4,5)29-14-18-19(25)12-15(26)13-20(18)27-11-10-17-16-8-6-7-9-21(16)30-22(17)23(27)28/h12-13H,6-11,14H2,1-5H3. The van der Waals surface area contributed by atoms with Crippen molar-refractivity contribution in [1.82, 2.24) is 0 Å². The molecule has 0 spiro atoms. The van der Waals surface area contributed by atoms with E-state index in [1.165, 1.54) is 41.0 Å². The van der Waals surface area contributed by atoms with Crippen LogP contribution in [-0.4, -0.2) is 20.8 Å². The number of hydrogen-bond donors (Lipinski definition) is 0. The summed E-state index contributed by atoms with van der Waals surface area (Å²) >= 11 is 5.20. The fourth-order valence-corrected chi connectivity index (χ4v) is 7.05. The molecule has 0 atom stereocenters. The van der Waals surface area contributed by atoms with E-state index in [4.69, 9.17) is 4.43 Å². The highest BCUT2D eigenvalue weighted by atomic mass is 79.9. The van der Waals surface area contributed by atoms with E-state index in [1.54, 1.807) is 16.2 Å². The van der Waals surface area contributed by atoms with Gasteiger partial charge in [0.15, 0.2) is 8.32 Å². The van der Waals surface area contributed by atoms with Gasteiger partial charge in [0, 0.05) is 21.5 Å². The van der Waals surface area contributed by atoms with Gasteiger partial charge < -0.3 is 9.33 Å². The Kier molecular flexibility index (Phi) is 6.27. The van der Waals surface area contributed by atoms with Gasteiger partial charge in [-0.3, -0.25) is 4.79 Å². The zero-order chi connectivity index (χ0) is 22.6. The molecule has 4 rings (SSSR count). The normalized spacial score (nSPS) is 17.0. The Morgan fingerprint density at radius 2 is 1.87 bits per heavy atom. The largest absolute Gasteiger partial charge is 0.412 e. The van der Waals surface area contributed by atoms with Crippen LogP contribution in [0, 0.1) is 5.82 Å². The van der Waals surface area contributed by atoms with Crippen molar-refractivity contribution in [3.63, 3.8) is 0 Å². The molecule has 2 aliphatic rings. The predicted octanol–water partition coefficient (Wildman–Crippen LogP) is 7.25. The molecule has 2 heterocycles. The zero-order valence-electron chi connectivity index (χ0n) is 19.0. The van der Waals surface area contributed by atoms with Crippen molar-refractivity contribution in [3.8, 4) is 0 Å². The summed E-state index contributed by atoms with van der Waals surface area (Å²) in [4.78, 5) is 17.5. The van der Waals surface area contributed by atoms with Crippen molar-refractivity contribution in [1.29, 1.82) is 0 Å². The van der Waals surface area contributed by atoms with E-state index in [0.29, 0.717) is 23.3 Å². The van der Waals surface area contributed by atoms with Gasteiger partial charge in [0.2, 0.25) is 0 Å². The lowest BCUT2D eigenvalue weighted by Gasteiger charge is -2.37. The van der Waals surface area contributed by atoms with E-state index in [-0.39, 0.29) is 16.8 Å². The molecule has 1 amide bonds. The van der Waals surface area contributed by atoms with Crippen LogP contribution >= 0.6 is 27.3 Å². The van der Waals surface area contributed by atoms with Crippen molar-refractivity contribution < 1.29 is 13.6 Å². The number of nitrogens with zero attached hydrogens (tertiary/aromatic N) is 1. The maximum atomic E-state index is 14.4. The summed E-state index contributed by atoms with van der Waals surface area (Å²) in [5.41, 5.74) is 4.15. The summed E-state index contributed by atoms with van der Waals surface area (Å²) in [5, 5.41) is 0.0750. The number of rotatable bonds is 4. The van der Waals surface area contributed by atoms with Gasteiger partial charge in [-0.1, -0.05) is 36.7 Å². The first-order chi connectivity index (χ1) is 14.5. The third-order valence-corrected chi connectivity index (χ3v) is 13.6. The minimum absolute atomic E-state index is 0.00623. The molecule has 168 valence electrons. The molecule has 0 radical (unpaired) electrons. The van der Waals surface area contributed by atoms with Crippen molar-refractivity contribution in [3.05, 3.63) is 48.9 Å². The van der Waals surface area contributed by atoms with Crippen LogP contribution in [0.2, 0.25) is 18.1 Å². The van der Waals surface area contributed by atoms with E-state index in [0.717, 1.165) is 29.7 Å². The SMILES string of the molecule is CC(C)(C)[Si](C)(C)OCc1c(Br)cc(F)cc1N1CCc2c(sc3c2CCCC3)C1=O. The number of anilines is 1. The van der Waals surface area contributed by atoms with Crippen LogP contribution in [0.1, 0.15) is 64.9 Å². The van der Waals surface area contributed by atoms with Crippen LogP contribution in [-0.2, 0) is 30.3 Å². The molecule has 3 nitrogen and oxygen atoms in total. The summed E-state index contributed by atoms with van der Waals surface area (Å²) in [6.07, 6.45) is 5.42. The van der Waals surface area contributed by atoms with Gasteiger partial charge >= 0.3 is 0 Å². The number of fused-ring (bicyclic) bond motifs is 3. The van der Waals surface area contributed by atoms with E-state index in [9.17, 15) is 9.18 Å². The molecule has 0 fully saturated rings. The molecule has 0 saturated carbocycles. The predicted molar refractivity (Wildman–Crippen MR) is 132 cm³/mol. The third-order valence-electron chi connectivity index (χ3n) is 7.12. The molecular formula is C24H31BrFNO2SSi. The number of carbonyl (C=O) groups excluding carboxylic acids is 1. The molecule has 1 aliphatic heterocycles. The Bertz CT molecular complexity index is 1030. The molecule has 0 N–H and O–H groups in total. The highest BCUT2D eigenvalue weighted by Crippen LogP contribution is 2.42. The second-order valence-corrected chi connectivity index (χ2v) is 16.9. The zero-order valence-corrected chi connectivity index (χ0v) is 22.4. The van der Waals surface area contributed by atoms with Gasteiger partial charge in [-0.15, -0.1) is 11.3 Å². The lowest BCUT2D eigenvalue weighted by atomic mass is 9.92. The number of halogens is 2. The minimum Gasteiger partial charge on any atom is -0.412 e. The fourth-order valence-electron chi connectivity index (χ4n) is 4.19. The van der Waals surface area contributed by atoms with E-state index in [1.807, 2.05) is 0 Å². The average molecular weight is 525 g/mol. The highest BCUT2D eigenvalue weighted by molar-refractivity contribution is 9.10.